The summed E-state index contributed by atoms with van der Waals surface area (Å²) in [6.07, 6.45) is 0.823. The number of nitrogens with one attached hydrogen (secondary N) is 1. The van der Waals surface area contributed by atoms with Crippen molar-refractivity contribution in [1.29, 1.82) is 0 Å². The smallest absolute Gasteiger partial charge is 0.242 e. The second kappa shape index (κ2) is 11.5. The zero-order chi connectivity index (χ0) is 21.4. The Labute approximate surface area is 187 Å². The molecule has 0 saturated heterocycles. The van der Waals surface area contributed by atoms with Gasteiger partial charge in [0, 0.05) is 27.5 Å². The zero-order valence-corrected chi connectivity index (χ0v) is 19.2. The number of carbonyl (C=O) groups is 2. The highest BCUT2D eigenvalue weighted by Gasteiger charge is 2.27. The van der Waals surface area contributed by atoms with Crippen molar-refractivity contribution < 1.29 is 9.59 Å². The third kappa shape index (κ3) is 7.25. The van der Waals surface area contributed by atoms with Crippen LogP contribution in [0.3, 0.4) is 0 Å². The van der Waals surface area contributed by atoms with Gasteiger partial charge in [0.2, 0.25) is 11.8 Å². The molecule has 4 nitrogen and oxygen atoms in total. The van der Waals surface area contributed by atoms with Crippen LogP contribution >= 0.6 is 35.0 Å². The van der Waals surface area contributed by atoms with E-state index in [2.05, 4.69) is 5.32 Å². The van der Waals surface area contributed by atoms with Crippen molar-refractivity contribution in [1.82, 2.24) is 10.2 Å². The van der Waals surface area contributed by atoms with Crippen LogP contribution in [0.1, 0.15) is 32.8 Å². The van der Waals surface area contributed by atoms with E-state index >= 15 is 0 Å². The molecule has 2 amide bonds. The summed E-state index contributed by atoms with van der Waals surface area (Å²) >= 11 is 13.6. The average molecular weight is 453 g/mol. The van der Waals surface area contributed by atoms with Crippen LogP contribution in [0.2, 0.25) is 10.0 Å². The van der Waals surface area contributed by atoms with Gasteiger partial charge in [-0.3, -0.25) is 9.59 Å². The Kier molecular flexibility index (Phi) is 9.34. The van der Waals surface area contributed by atoms with E-state index in [1.165, 1.54) is 11.8 Å². The van der Waals surface area contributed by atoms with E-state index in [0.29, 0.717) is 10.0 Å². The largest absolute Gasteiger partial charge is 0.352 e. The van der Waals surface area contributed by atoms with E-state index in [1.54, 1.807) is 30.0 Å². The van der Waals surface area contributed by atoms with Crippen molar-refractivity contribution >= 4 is 46.8 Å². The zero-order valence-electron chi connectivity index (χ0n) is 16.8. The summed E-state index contributed by atoms with van der Waals surface area (Å²) in [6.45, 7) is 5.97. The number of carbonyl (C=O) groups excluding carboxylic acids is 2. The van der Waals surface area contributed by atoms with Gasteiger partial charge in [-0.15, -0.1) is 11.8 Å². The van der Waals surface area contributed by atoms with E-state index in [-0.39, 0.29) is 30.2 Å². The van der Waals surface area contributed by atoms with Crippen LogP contribution in [0.5, 0.6) is 0 Å². The molecule has 0 saturated carbocycles. The number of amides is 2. The van der Waals surface area contributed by atoms with Crippen molar-refractivity contribution in [2.75, 3.05) is 5.75 Å². The fourth-order valence-electron chi connectivity index (χ4n) is 2.62. The monoisotopic (exact) mass is 452 g/mol. The lowest BCUT2D eigenvalue weighted by atomic mass is 10.1. The van der Waals surface area contributed by atoms with Crippen LogP contribution in [0.15, 0.2) is 53.4 Å². The maximum atomic E-state index is 13.1. The molecular weight excluding hydrogens is 427 g/mol. The lowest BCUT2D eigenvalue weighted by Gasteiger charge is -2.30. The third-order valence-electron chi connectivity index (χ3n) is 4.64. The Bertz CT molecular complexity index is 830. The summed E-state index contributed by atoms with van der Waals surface area (Å²) in [7, 11) is 0. The summed E-state index contributed by atoms with van der Waals surface area (Å²) in [5.41, 5.74) is 0.808. The molecule has 2 atom stereocenters. The van der Waals surface area contributed by atoms with Crippen molar-refractivity contribution in [2.45, 2.75) is 50.7 Å². The quantitative estimate of drug-likeness (QED) is 0.516. The number of halogens is 2. The van der Waals surface area contributed by atoms with Gasteiger partial charge in [0.15, 0.2) is 0 Å². The van der Waals surface area contributed by atoms with E-state index in [4.69, 9.17) is 23.2 Å². The molecule has 1 N–H and O–H groups in total. The fraction of sp³-hybridized carbons (Fsp3) is 0.364. The normalized spacial score (nSPS) is 12.9. The first-order valence-electron chi connectivity index (χ1n) is 9.53. The summed E-state index contributed by atoms with van der Waals surface area (Å²) in [5, 5.41) is 4.18. The SMILES string of the molecule is CC[C@H](C)NC(=O)[C@@H](C)N(Cc1ccccc1Cl)C(=O)CSc1ccc(Cl)cc1. The maximum Gasteiger partial charge on any atom is 0.242 e. The van der Waals surface area contributed by atoms with E-state index in [0.717, 1.165) is 16.9 Å². The molecule has 0 spiro atoms. The molecule has 0 fully saturated rings. The molecule has 0 heterocycles. The van der Waals surface area contributed by atoms with Gasteiger partial charge in [0.1, 0.15) is 6.04 Å². The minimum Gasteiger partial charge on any atom is -0.352 e. The highest BCUT2D eigenvalue weighted by atomic mass is 35.5. The van der Waals surface area contributed by atoms with Crippen molar-refractivity contribution in [3.8, 4) is 0 Å². The average Bonchev–Trinajstić information content (AvgIpc) is 2.71. The van der Waals surface area contributed by atoms with Gasteiger partial charge in [0.05, 0.1) is 5.75 Å². The molecule has 0 bridgehead atoms. The van der Waals surface area contributed by atoms with Gasteiger partial charge in [-0.25, -0.2) is 0 Å². The van der Waals surface area contributed by atoms with Crippen LogP contribution in [0, 0.1) is 0 Å². The van der Waals surface area contributed by atoms with Crippen molar-refractivity contribution in [2.24, 2.45) is 0 Å². The van der Waals surface area contributed by atoms with Crippen molar-refractivity contribution in [3.63, 3.8) is 0 Å². The molecule has 156 valence electrons. The predicted molar refractivity (Wildman–Crippen MR) is 122 cm³/mol. The number of benzene rings is 2. The Balaban J connectivity index is 2.15. The van der Waals surface area contributed by atoms with Gasteiger partial charge in [-0.05, 0) is 56.2 Å². The van der Waals surface area contributed by atoms with E-state index < -0.39 is 6.04 Å². The highest BCUT2D eigenvalue weighted by Crippen LogP contribution is 2.23. The van der Waals surface area contributed by atoms with Gasteiger partial charge < -0.3 is 10.2 Å². The Morgan fingerprint density at radius 2 is 1.72 bits per heavy atom. The second-order valence-corrected chi connectivity index (χ2v) is 8.74. The molecule has 0 aliphatic rings. The van der Waals surface area contributed by atoms with Crippen molar-refractivity contribution in [3.05, 3.63) is 64.1 Å². The second-order valence-electron chi connectivity index (χ2n) is 6.85. The summed E-state index contributed by atoms with van der Waals surface area (Å²) in [6, 6.07) is 14.1. The summed E-state index contributed by atoms with van der Waals surface area (Å²) in [4.78, 5) is 28.3. The topological polar surface area (TPSA) is 49.4 Å². The predicted octanol–water partition coefficient (Wildman–Crippen LogP) is 5.42. The molecule has 29 heavy (non-hydrogen) atoms. The number of rotatable bonds is 9. The van der Waals surface area contributed by atoms with Gasteiger partial charge >= 0.3 is 0 Å². The van der Waals surface area contributed by atoms with Gasteiger partial charge in [0.25, 0.3) is 0 Å². The molecule has 2 aromatic rings. The molecule has 0 aromatic heterocycles. The Morgan fingerprint density at radius 3 is 2.34 bits per heavy atom. The van der Waals surface area contributed by atoms with Crippen LogP contribution in [-0.2, 0) is 16.1 Å². The lowest BCUT2D eigenvalue weighted by Crippen LogP contribution is -2.50. The first-order chi connectivity index (χ1) is 13.8. The Morgan fingerprint density at radius 1 is 1.07 bits per heavy atom. The maximum absolute atomic E-state index is 13.1. The highest BCUT2D eigenvalue weighted by molar-refractivity contribution is 8.00. The molecule has 0 radical (unpaired) electrons. The summed E-state index contributed by atoms with van der Waals surface area (Å²) in [5.74, 6) is -0.0829. The van der Waals surface area contributed by atoms with Crippen LogP contribution in [0.25, 0.3) is 0 Å². The third-order valence-corrected chi connectivity index (χ3v) is 6.26. The van der Waals surface area contributed by atoms with E-state index in [9.17, 15) is 9.59 Å². The van der Waals surface area contributed by atoms with E-state index in [1.807, 2.05) is 44.2 Å². The first-order valence-corrected chi connectivity index (χ1v) is 11.3. The number of hydrogen-bond donors (Lipinski definition) is 1. The Hall–Kier alpha value is -1.69. The summed E-state index contributed by atoms with van der Waals surface area (Å²) < 4.78 is 0. The minimum atomic E-state index is -0.612. The number of nitrogens with zero attached hydrogens (tertiary/aromatic N) is 1. The van der Waals surface area contributed by atoms with Crippen LogP contribution in [-0.4, -0.2) is 34.6 Å². The molecule has 0 aliphatic heterocycles. The van der Waals surface area contributed by atoms with Gasteiger partial charge in [-0.2, -0.15) is 0 Å². The number of hydrogen-bond acceptors (Lipinski definition) is 3. The molecular formula is C22H26Cl2N2O2S. The minimum absolute atomic E-state index is 0.0469. The molecule has 0 aliphatic carbocycles. The lowest BCUT2D eigenvalue weighted by molar-refractivity contribution is -0.138. The van der Waals surface area contributed by atoms with Crippen LogP contribution in [0.4, 0.5) is 0 Å². The molecule has 0 unspecified atom stereocenters. The number of thioether (sulfide) groups is 1. The molecule has 7 heteroatoms. The molecule has 2 rings (SSSR count). The standard InChI is InChI=1S/C22H26Cl2N2O2S/c1-4-15(2)25-22(28)16(3)26(13-17-7-5-6-8-20(17)24)21(27)14-29-19-11-9-18(23)10-12-19/h5-12,15-16H,4,13-14H2,1-3H3,(H,25,28)/t15-,16+/m0/s1. The first kappa shape index (κ1) is 23.6. The molecule has 2 aromatic carbocycles. The van der Waals surface area contributed by atoms with Crippen LogP contribution < -0.4 is 5.32 Å². The fourth-order valence-corrected chi connectivity index (χ4v) is 3.72. The van der Waals surface area contributed by atoms with Gasteiger partial charge in [-0.1, -0.05) is 48.3 Å².